The first-order chi connectivity index (χ1) is 9.34. The molecule has 3 heterocycles. The van der Waals surface area contributed by atoms with Crippen LogP contribution in [0.15, 0.2) is 52.0 Å². The van der Waals surface area contributed by atoms with Crippen molar-refractivity contribution in [2.45, 2.75) is 12.6 Å². The largest absolute Gasteiger partial charge is 0.467 e. The van der Waals surface area contributed by atoms with Crippen LogP contribution in [-0.4, -0.2) is 14.7 Å². The van der Waals surface area contributed by atoms with Gasteiger partial charge in [-0.1, -0.05) is 5.16 Å². The van der Waals surface area contributed by atoms with Gasteiger partial charge in [0.15, 0.2) is 0 Å². The lowest BCUT2D eigenvalue weighted by Crippen LogP contribution is -2.24. The quantitative estimate of drug-likeness (QED) is 0.756. The summed E-state index contributed by atoms with van der Waals surface area (Å²) in [4.78, 5) is 4.37. The van der Waals surface area contributed by atoms with E-state index in [-0.39, 0.29) is 6.04 Å². The molecule has 0 aliphatic heterocycles. The first-order valence-corrected chi connectivity index (χ1v) is 5.98. The van der Waals surface area contributed by atoms with Crippen molar-refractivity contribution in [2.24, 2.45) is 7.05 Å². The number of furan rings is 1. The zero-order chi connectivity index (χ0) is 13.1. The number of imidazole rings is 1. The SMILES string of the molecule is Cn1ccnc1C(NCc1ccno1)c1ccco1. The van der Waals surface area contributed by atoms with E-state index in [1.165, 1.54) is 0 Å². The summed E-state index contributed by atoms with van der Waals surface area (Å²) in [5.74, 6) is 2.47. The van der Waals surface area contributed by atoms with Crippen LogP contribution in [0.25, 0.3) is 0 Å². The van der Waals surface area contributed by atoms with Crippen LogP contribution in [0.4, 0.5) is 0 Å². The molecule has 0 spiro atoms. The monoisotopic (exact) mass is 258 g/mol. The van der Waals surface area contributed by atoms with Gasteiger partial charge in [0.25, 0.3) is 0 Å². The normalized spacial score (nSPS) is 12.7. The van der Waals surface area contributed by atoms with Gasteiger partial charge >= 0.3 is 0 Å². The van der Waals surface area contributed by atoms with Gasteiger partial charge in [-0.3, -0.25) is 5.32 Å². The zero-order valence-electron chi connectivity index (χ0n) is 10.5. The number of nitrogens with zero attached hydrogens (tertiary/aromatic N) is 3. The molecule has 0 aromatic carbocycles. The highest BCUT2D eigenvalue weighted by atomic mass is 16.5. The number of aryl methyl sites for hydroxylation is 1. The molecular formula is C13H14N4O2. The van der Waals surface area contributed by atoms with E-state index in [2.05, 4.69) is 15.5 Å². The molecule has 6 nitrogen and oxygen atoms in total. The molecular weight excluding hydrogens is 244 g/mol. The van der Waals surface area contributed by atoms with E-state index in [0.717, 1.165) is 17.3 Å². The Morgan fingerprint density at radius 1 is 1.37 bits per heavy atom. The maximum Gasteiger partial charge on any atom is 0.150 e. The Morgan fingerprint density at radius 3 is 2.95 bits per heavy atom. The van der Waals surface area contributed by atoms with Crippen molar-refractivity contribution in [1.82, 2.24) is 20.0 Å². The second-order valence-corrected chi connectivity index (χ2v) is 4.20. The van der Waals surface area contributed by atoms with Gasteiger partial charge in [-0.05, 0) is 12.1 Å². The zero-order valence-corrected chi connectivity index (χ0v) is 10.5. The molecule has 0 aliphatic carbocycles. The molecule has 0 radical (unpaired) electrons. The van der Waals surface area contributed by atoms with Crippen LogP contribution in [0.3, 0.4) is 0 Å². The third kappa shape index (κ3) is 2.43. The Hall–Kier alpha value is -2.34. The van der Waals surface area contributed by atoms with E-state index in [4.69, 9.17) is 8.94 Å². The smallest absolute Gasteiger partial charge is 0.150 e. The number of nitrogens with one attached hydrogen (secondary N) is 1. The van der Waals surface area contributed by atoms with Gasteiger partial charge in [-0.2, -0.15) is 0 Å². The van der Waals surface area contributed by atoms with Crippen molar-refractivity contribution < 1.29 is 8.94 Å². The second kappa shape index (κ2) is 5.11. The fraction of sp³-hybridized carbons (Fsp3) is 0.231. The van der Waals surface area contributed by atoms with Crippen molar-refractivity contribution in [2.75, 3.05) is 0 Å². The second-order valence-electron chi connectivity index (χ2n) is 4.20. The third-order valence-electron chi connectivity index (χ3n) is 2.92. The van der Waals surface area contributed by atoms with Crippen molar-refractivity contribution in [3.63, 3.8) is 0 Å². The van der Waals surface area contributed by atoms with Gasteiger partial charge in [0.1, 0.15) is 23.4 Å². The molecule has 0 amide bonds. The highest BCUT2D eigenvalue weighted by molar-refractivity contribution is 5.16. The number of hydrogen-bond acceptors (Lipinski definition) is 5. The van der Waals surface area contributed by atoms with Crippen LogP contribution in [0.2, 0.25) is 0 Å². The predicted molar refractivity (Wildman–Crippen MR) is 67.1 cm³/mol. The van der Waals surface area contributed by atoms with Gasteiger partial charge in [-0.25, -0.2) is 4.98 Å². The van der Waals surface area contributed by atoms with Gasteiger partial charge < -0.3 is 13.5 Å². The molecule has 98 valence electrons. The summed E-state index contributed by atoms with van der Waals surface area (Å²) < 4.78 is 12.5. The van der Waals surface area contributed by atoms with Crippen molar-refractivity contribution in [3.8, 4) is 0 Å². The molecule has 0 saturated carbocycles. The molecule has 19 heavy (non-hydrogen) atoms. The molecule has 0 saturated heterocycles. The number of hydrogen-bond donors (Lipinski definition) is 1. The van der Waals surface area contributed by atoms with Crippen LogP contribution in [0, 0.1) is 0 Å². The topological polar surface area (TPSA) is 69.0 Å². The van der Waals surface area contributed by atoms with E-state index < -0.39 is 0 Å². The van der Waals surface area contributed by atoms with E-state index in [0.29, 0.717) is 6.54 Å². The van der Waals surface area contributed by atoms with Crippen LogP contribution in [-0.2, 0) is 13.6 Å². The van der Waals surface area contributed by atoms with Crippen LogP contribution >= 0.6 is 0 Å². The minimum atomic E-state index is -0.125. The first kappa shape index (κ1) is 11.7. The number of rotatable bonds is 5. The van der Waals surface area contributed by atoms with Crippen molar-refractivity contribution >= 4 is 0 Å². The molecule has 6 heteroatoms. The van der Waals surface area contributed by atoms with Gasteiger partial charge in [-0.15, -0.1) is 0 Å². The van der Waals surface area contributed by atoms with E-state index in [1.807, 2.05) is 36.0 Å². The van der Waals surface area contributed by atoms with Crippen LogP contribution in [0.1, 0.15) is 23.4 Å². The van der Waals surface area contributed by atoms with Gasteiger partial charge in [0, 0.05) is 25.5 Å². The Balaban J connectivity index is 1.83. The lowest BCUT2D eigenvalue weighted by atomic mass is 10.2. The molecule has 0 bridgehead atoms. The van der Waals surface area contributed by atoms with Crippen molar-refractivity contribution in [3.05, 3.63) is 60.4 Å². The minimum absolute atomic E-state index is 0.125. The fourth-order valence-corrected chi connectivity index (χ4v) is 1.97. The molecule has 3 aromatic heterocycles. The minimum Gasteiger partial charge on any atom is -0.467 e. The molecule has 0 aliphatic rings. The van der Waals surface area contributed by atoms with Crippen molar-refractivity contribution in [1.29, 1.82) is 0 Å². The van der Waals surface area contributed by atoms with Gasteiger partial charge in [0.2, 0.25) is 0 Å². The standard InChI is InChI=1S/C13H14N4O2/c1-17-7-6-14-13(17)12(11-3-2-8-18-11)15-9-10-4-5-16-19-10/h2-8,12,15H,9H2,1H3. The highest BCUT2D eigenvalue weighted by Gasteiger charge is 2.20. The molecule has 3 rings (SSSR count). The maximum atomic E-state index is 5.48. The summed E-state index contributed by atoms with van der Waals surface area (Å²) in [6.07, 6.45) is 6.95. The first-order valence-electron chi connectivity index (χ1n) is 5.98. The van der Waals surface area contributed by atoms with Crippen LogP contribution < -0.4 is 5.32 Å². The summed E-state index contributed by atoms with van der Waals surface area (Å²) in [5.41, 5.74) is 0. The van der Waals surface area contributed by atoms with E-state index >= 15 is 0 Å². The lowest BCUT2D eigenvalue weighted by Gasteiger charge is -2.15. The summed E-state index contributed by atoms with van der Waals surface area (Å²) >= 11 is 0. The fourth-order valence-electron chi connectivity index (χ4n) is 1.97. The molecule has 3 aromatic rings. The molecule has 1 atom stereocenters. The van der Waals surface area contributed by atoms with Gasteiger partial charge in [0.05, 0.1) is 19.0 Å². The summed E-state index contributed by atoms with van der Waals surface area (Å²) in [6, 6.07) is 5.48. The molecule has 1 unspecified atom stereocenters. The average Bonchev–Trinajstić information content (AvgIpc) is 3.13. The summed E-state index contributed by atoms with van der Waals surface area (Å²) in [7, 11) is 1.95. The lowest BCUT2D eigenvalue weighted by molar-refractivity contribution is 0.356. The Labute approximate surface area is 110 Å². The maximum absolute atomic E-state index is 5.48. The van der Waals surface area contributed by atoms with E-state index in [9.17, 15) is 0 Å². The Morgan fingerprint density at radius 2 is 2.32 bits per heavy atom. The summed E-state index contributed by atoms with van der Waals surface area (Å²) in [6.45, 7) is 0.554. The molecule has 1 N–H and O–H groups in total. The predicted octanol–water partition coefficient (Wildman–Crippen LogP) is 1.88. The third-order valence-corrected chi connectivity index (χ3v) is 2.92. The van der Waals surface area contributed by atoms with E-state index in [1.54, 1.807) is 18.7 Å². The summed E-state index contributed by atoms with van der Waals surface area (Å²) in [5, 5.41) is 7.04. The number of aromatic nitrogens is 3. The average molecular weight is 258 g/mol. The highest BCUT2D eigenvalue weighted by Crippen LogP contribution is 2.21. The van der Waals surface area contributed by atoms with Crippen LogP contribution in [0.5, 0.6) is 0 Å². The molecule has 0 fully saturated rings. The Bertz CT molecular complexity index is 613. The Kier molecular flexibility index (Phi) is 3.16.